The van der Waals surface area contributed by atoms with Crippen molar-refractivity contribution in [3.8, 4) is 0 Å². The fourth-order valence-corrected chi connectivity index (χ4v) is 1.67. The molecule has 1 aliphatic heterocycles. The Morgan fingerprint density at radius 2 is 2.00 bits per heavy atom. The van der Waals surface area contributed by atoms with Crippen molar-refractivity contribution < 1.29 is 4.79 Å². The zero-order valence-corrected chi connectivity index (χ0v) is 10.3. The van der Waals surface area contributed by atoms with E-state index in [-0.39, 0.29) is 17.4 Å². The van der Waals surface area contributed by atoms with Crippen molar-refractivity contribution >= 4 is 5.91 Å². The van der Waals surface area contributed by atoms with Crippen molar-refractivity contribution in [2.75, 3.05) is 0 Å². The van der Waals surface area contributed by atoms with E-state index >= 15 is 0 Å². The second-order valence-electron chi connectivity index (χ2n) is 5.17. The van der Waals surface area contributed by atoms with Gasteiger partial charge in [-0.3, -0.25) is 4.79 Å². The number of carbonyl (C=O) groups is 1. The number of amides is 1. The zero-order valence-electron chi connectivity index (χ0n) is 10.3. The smallest absolute Gasteiger partial charge is 0.247 e. The Hall–Kier alpha value is -1.05. The van der Waals surface area contributed by atoms with Crippen LogP contribution in [0, 0.1) is 11.8 Å². The Balaban J connectivity index is 3.04. The normalized spacial score (nSPS) is 31.2. The predicted molar refractivity (Wildman–Crippen MR) is 63.4 cm³/mol. The topological polar surface area (TPSA) is 29.1 Å². The van der Waals surface area contributed by atoms with E-state index in [1.807, 2.05) is 19.9 Å². The highest BCUT2D eigenvalue weighted by molar-refractivity contribution is 5.94. The van der Waals surface area contributed by atoms with E-state index in [1.165, 1.54) is 0 Å². The Morgan fingerprint density at radius 1 is 1.40 bits per heavy atom. The van der Waals surface area contributed by atoms with Gasteiger partial charge in [0.15, 0.2) is 0 Å². The standard InChI is InChI=1S/C13H21NO/c1-9(2)11-8-10(3)6-7-13(4,5)14-12(11)15/h6-10H,1-5H3,(H,14,15)/b7-6-,11-8-. The molecule has 0 aromatic carbocycles. The van der Waals surface area contributed by atoms with Crippen LogP contribution < -0.4 is 5.32 Å². The molecule has 15 heavy (non-hydrogen) atoms. The van der Waals surface area contributed by atoms with Crippen LogP contribution in [0.1, 0.15) is 34.6 Å². The fraction of sp³-hybridized carbons (Fsp3) is 0.615. The minimum atomic E-state index is -0.250. The molecule has 84 valence electrons. The van der Waals surface area contributed by atoms with Gasteiger partial charge in [0.2, 0.25) is 5.91 Å². The summed E-state index contributed by atoms with van der Waals surface area (Å²) in [6.45, 7) is 10.2. The second kappa shape index (κ2) is 4.21. The van der Waals surface area contributed by atoms with Crippen LogP contribution in [-0.2, 0) is 4.79 Å². The molecule has 1 rings (SSSR count). The first kappa shape index (κ1) is 12.0. The van der Waals surface area contributed by atoms with Gasteiger partial charge < -0.3 is 5.32 Å². The van der Waals surface area contributed by atoms with Crippen LogP contribution in [-0.4, -0.2) is 11.4 Å². The fourth-order valence-electron chi connectivity index (χ4n) is 1.67. The van der Waals surface area contributed by atoms with Gasteiger partial charge in [-0.05, 0) is 25.7 Å². The lowest BCUT2D eigenvalue weighted by atomic mass is 9.92. The van der Waals surface area contributed by atoms with Crippen molar-refractivity contribution in [2.24, 2.45) is 11.8 Å². The summed E-state index contributed by atoms with van der Waals surface area (Å²) >= 11 is 0. The molecule has 1 aliphatic rings. The van der Waals surface area contributed by atoms with Crippen molar-refractivity contribution in [1.29, 1.82) is 0 Å². The molecular formula is C13H21NO. The Labute approximate surface area is 92.4 Å². The summed E-state index contributed by atoms with van der Waals surface area (Å²) in [6, 6.07) is 0. The van der Waals surface area contributed by atoms with Crippen LogP contribution in [0.5, 0.6) is 0 Å². The van der Waals surface area contributed by atoms with Crippen LogP contribution in [0.3, 0.4) is 0 Å². The van der Waals surface area contributed by atoms with Gasteiger partial charge in [-0.15, -0.1) is 0 Å². The molecule has 1 atom stereocenters. The third-order valence-electron chi connectivity index (χ3n) is 2.58. The summed E-state index contributed by atoms with van der Waals surface area (Å²) in [5.74, 6) is 0.661. The van der Waals surface area contributed by atoms with Crippen LogP contribution in [0.25, 0.3) is 0 Å². The molecule has 0 aliphatic carbocycles. The first-order valence-corrected chi connectivity index (χ1v) is 5.55. The number of carbonyl (C=O) groups excluding carboxylic acids is 1. The summed E-state index contributed by atoms with van der Waals surface area (Å²) in [6.07, 6.45) is 6.25. The molecule has 1 heterocycles. The lowest BCUT2D eigenvalue weighted by Crippen LogP contribution is -2.43. The molecule has 0 saturated heterocycles. The van der Waals surface area contributed by atoms with Crippen molar-refractivity contribution in [1.82, 2.24) is 5.32 Å². The maximum atomic E-state index is 12.0. The molecule has 1 N–H and O–H groups in total. The van der Waals surface area contributed by atoms with E-state index in [4.69, 9.17) is 0 Å². The second-order valence-corrected chi connectivity index (χ2v) is 5.17. The molecule has 0 spiro atoms. The predicted octanol–water partition coefficient (Wildman–Crippen LogP) is 2.67. The highest BCUT2D eigenvalue weighted by Gasteiger charge is 2.23. The minimum Gasteiger partial charge on any atom is -0.344 e. The summed E-state index contributed by atoms with van der Waals surface area (Å²) < 4.78 is 0. The van der Waals surface area contributed by atoms with Crippen molar-refractivity contribution in [2.45, 2.75) is 40.2 Å². The van der Waals surface area contributed by atoms with E-state index in [2.05, 4.69) is 38.2 Å². The Bertz CT molecular complexity index is 310. The van der Waals surface area contributed by atoms with Crippen LogP contribution in [0.15, 0.2) is 23.8 Å². The Kier molecular flexibility index (Phi) is 3.38. The van der Waals surface area contributed by atoms with Gasteiger partial charge in [-0.25, -0.2) is 0 Å². The Morgan fingerprint density at radius 3 is 2.53 bits per heavy atom. The van der Waals surface area contributed by atoms with Gasteiger partial charge in [0, 0.05) is 5.57 Å². The van der Waals surface area contributed by atoms with Gasteiger partial charge in [-0.2, -0.15) is 0 Å². The number of rotatable bonds is 1. The number of hydrogen-bond acceptors (Lipinski definition) is 1. The summed E-state index contributed by atoms with van der Waals surface area (Å²) in [7, 11) is 0. The third-order valence-corrected chi connectivity index (χ3v) is 2.58. The van der Waals surface area contributed by atoms with E-state index in [0.29, 0.717) is 5.92 Å². The number of hydrogen-bond donors (Lipinski definition) is 1. The summed E-state index contributed by atoms with van der Waals surface area (Å²) in [4.78, 5) is 12.0. The molecule has 0 aromatic rings. The molecular weight excluding hydrogens is 186 g/mol. The van der Waals surface area contributed by atoms with E-state index < -0.39 is 0 Å². The molecule has 2 heteroatoms. The van der Waals surface area contributed by atoms with Gasteiger partial charge in [0.25, 0.3) is 0 Å². The lowest BCUT2D eigenvalue weighted by Gasteiger charge is -2.27. The average Bonchev–Trinajstić information content (AvgIpc) is 2.08. The van der Waals surface area contributed by atoms with Gasteiger partial charge in [-0.1, -0.05) is 39.0 Å². The molecule has 0 bridgehead atoms. The van der Waals surface area contributed by atoms with Crippen LogP contribution in [0.2, 0.25) is 0 Å². The van der Waals surface area contributed by atoms with Crippen molar-refractivity contribution in [3.05, 3.63) is 23.8 Å². The van der Waals surface area contributed by atoms with Crippen LogP contribution >= 0.6 is 0 Å². The van der Waals surface area contributed by atoms with Crippen LogP contribution in [0.4, 0.5) is 0 Å². The number of nitrogens with one attached hydrogen (secondary N) is 1. The summed E-state index contributed by atoms with van der Waals surface area (Å²) in [5.41, 5.74) is 0.639. The first-order valence-electron chi connectivity index (χ1n) is 5.55. The third kappa shape index (κ3) is 3.22. The highest BCUT2D eigenvalue weighted by Crippen LogP contribution is 2.19. The lowest BCUT2D eigenvalue weighted by molar-refractivity contribution is -0.119. The van der Waals surface area contributed by atoms with Gasteiger partial charge in [0.1, 0.15) is 0 Å². The maximum Gasteiger partial charge on any atom is 0.247 e. The molecule has 1 unspecified atom stereocenters. The van der Waals surface area contributed by atoms with E-state index in [9.17, 15) is 4.79 Å². The quantitative estimate of drug-likeness (QED) is 0.658. The number of allylic oxidation sites excluding steroid dienone is 2. The van der Waals surface area contributed by atoms with E-state index in [1.54, 1.807) is 0 Å². The maximum absolute atomic E-state index is 12.0. The minimum absolute atomic E-state index is 0.0613. The largest absolute Gasteiger partial charge is 0.344 e. The molecule has 0 fully saturated rings. The van der Waals surface area contributed by atoms with Gasteiger partial charge in [0.05, 0.1) is 5.54 Å². The molecule has 1 amide bonds. The molecule has 0 saturated carbocycles. The summed E-state index contributed by atoms with van der Waals surface area (Å²) in [5, 5.41) is 3.02. The molecule has 0 aromatic heterocycles. The van der Waals surface area contributed by atoms with Crippen molar-refractivity contribution in [3.63, 3.8) is 0 Å². The first-order chi connectivity index (χ1) is 6.82. The molecule has 0 radical (unpaired) electrons. The monoisotopic (exact) mass is 207 g/mol. The van der Waals surface area contributed by atoms with E-state index in [0.717, 1.165) is 5.57 Å². The SMILES string of the molecule is CC1/C=C\C(C)(C)NC(=O)/C(C(C)C)=C\1. The van der Waals surface area contributed by atoms with Gasteiger partial charge >= 0.3 is 0 Å². The average molecular weight is 207 g/mol. The molecule has 2 nitrogen and oxygen atoms in total. The highest BCUT2D eigenvalue weighted by atomic mass is 16.1. The zero-order chi connectivity index (χ0) is 11.6.